The Morgan fingerprint density at radius 3 is 2.00 bits per heavy atom. The van der Waals surface area contributed by atoms with Crippen molar-refractivity contribution in [1.29, 1.82) is 0 Å². The summed E-state index contributed by atoms with van der Waals surface area (Å²) in [6.07, 6.45) is -4.51. The maximum atomic E-state index is 12.0. The van der Waals surface area contributed by atoms with Crippen LogP contribution >= 0.6 is 15.9 Å². The molecule has 0 fully saturated rings. The van der Waals surface area contributed by atoms with Crippen molar-refractivity contribution < 1.29 is 21.6 Å². The average molecular weight is 298 g/mol. The molecule has 0 radical (unpaired) electrons. The van der Waals surface area contributed by atoms with Crippen LogP contribution in [-0.4, -0.2) is 36.1 Å². The lowest BCUT2D eigenvalue weighted by molar-refractivity contribution is -0.138. The van der Waals surface area contributed by atoms with Gasteiger partial charge in [-0.25, -0.2) is 8.42 Å². The molecule has 3 nitrogen and oxygen atoms in total. The third kappa shape index (κ3) is 4.61. The van der Waals surface area contributed by atoms with Crippen molar-refractivity contribution in [2.75, 3.05) is 11.2 Å². The summed E-state index contributed by atoms with van der Waals surface area (Å²) in [5, 5.41) is 0. The molecule has 14 heavy (non-hydrogen) atoms. The zero-order valence-electron chi connectivity index (χ0n) is 7.68. The highest BCUT2D eigenvalue weighted by Crippen LogP contribution is 2.21. The van der Waals surface area contributed by atoms with Gasteiger partial charge in [0.25, 0.3) is 0 Å². The van der Waals surface area contributed by atoms with E-state index in [1.807, 2.05) is 0 Å². The topological polar surface area (TPSA) is 37.4 Å². The lowest BCUT2D eigenvalue weighted by Crippen LogP contribution is -2.43. The quantitative estimate of drug-likeness (QED) is 0.744. The minimum absolute atomic E-state index is 0.418. The summed E-state index contributed by atoms with van der Waals surface area (Å²) in [6.45, 7) is 1.34. The van der Waals surface area contributed by atoms with Gasteiger partial charge < -0.3 is 0 Å². The van der Waals surface area contributed by atoms with Crippen LogP contribution in [0, 0.1) is 0 Å². The van der Waals surface area contributed by atoms with Crippen molar-refractivity contribution in [2.45, 2.75) is 26.1 Å². The van der Waals surface area contributed by atoms with E-state index in [4.69, 9.17) is 0 Å². The third-order valence-electron chi connectivity index (χ3n) is 1.41. The standard InChI is InChI=1S/C6H11BrF3NO2S/c1-5(2)11(3-6(8,9)10)14(12,13)4-7/h5H,3-4H2,1-2H3. The molecule has 0 aliphatic carbocycles. The molecule has 0 rings (SSSR count). The van der Waals surface area contributed by atoms with E-state index in [0.717, 1.165) is 0 Å². The Balaban J connectivity index is 4.81. The van der Waals surface area contributed by atoms with Gasteiger partial charge >= 0.3 is 6.18 Å². The van der Waals surface area contributed by atoms with E-state index in [2.05, 4.69) is 15.9 Å². The van der Waals surface area contributed by atoms with E-state index in [9.17, 15) is 21.6 Å². The third-order valence-corrected chi connectivity index (χ3v) is 4.68. The highest BCUT2D eigenvalue weighted by Gasteiger charge is 2.37. The summed E-state index contributed by atoms with van der Waals surface area (Å²) in [5.41, 5.74) is 0. The van der Waals surface area contributed by atoms with Gasteiger partial charge in [-0.3, -0.25) is 0 Å². The summed E-state index contributed by atoms with van der Waals surface area (Å²) in [5.74, 6) is 0. The number of rotatable bonds is 4. The molecule has 0 bridgehead atoms. The maximum absolute atomic E-state index is 12.0. The first-order chi connectivity index (χ1) is 6.10. The van der Waals surface area contributed by atoms with Crippen LogP contribution in [0.4, 0.5) is 13.2 Å². The smallest absolute Gasteiger partial charge is 0.211 e. The normalized spacial score (nSPS) is 14.0. The van der Waals surface area contributed by atoms with Crippen LogP contribution in [0.3, 0.4) is 0 Å². The van der Waals surface area contributed by atoms with Gasteiger partial charge in [0, 0.05) is 6.04 Å². The fourth-order valence-corrected chi connectivity index (χ4v) is 2.74. The first-order valence-corrected chi connectivity index (χ1v) is 6.45. The summed E-state index contributed by atoms with van der Waals surface area (Å²) in [4.78, 5) is 0. The Morgan fingerprint density at radius 1 is 1.36 bits per heavy atom. The zero-order valence-corrected chi connectivity index (χ0v) is 10.1. The first kappa shape index (κ1) is 14.2. The molecule has 86 valence electrons. The highest BCUT2D eigenvalue weighted by atomic mass is 79.9. The van der Waals surface area contributed by atoms with Crippen LogP contribution in [0.25, 0.3) is 0 Å². The molecular formula is C6H11BrF3NO2S. The minimum atomic E-state index is -4.51. The number of hydrogen-bond donors (Lipinski definition) is 0. The second kappa shape index (κ2) is 4.80. The van der Waals surface area contributed by atoms with Crippen LogP contribution in [0.5, 0.6) is 0 Å². The average Bonchev–Trinajstić information content (AvgIpc) is 1.98. The summed E-state index contributed by atoms with van der Waals surface area (Å²) in [6, 6.07) is -0.709. The van der Waals surface area contributed by atoms with E-state index in [1.54, 1.807) is 0 Å². The maximum Gasteiger partial charge on any atom is 0.402 e. The minimum Gasteiger partial charge on any atom is -0.211 e. The number of sulfonamides is 1. The van der Waals surface area contributed by atoms with Gasteiger partial charge in [0.05, 0.1) is 0 Å². The van der Waals surface area contributed by atoms with E-state index < -0.39 is 33.4 Å². The lowest BCUT2D eigenvalue weighted by atomic mass is 10.4. The number of alkyl halides is 4. The predicted octanol–water partition coefficient (Wildman–Crippen LogP) is 1.94. The fourth-order valence-electron chi connectivity index (χ4n) is 0.842. The lowest BCUT2D eigenvalue weighted by Gasteiger charge is -2.25. The molecule has 0 saturated heterocycles. The van der Waals surface area contributed by atoms with Gasteiger partial charge in [-0.15, -0.1) is 0 Å². The Morgan fingerprint density at radius 2 is 1.79 bits per heavy atom. The van der Waals surface area contributed by atoms with Crippen LogP contribution in [-0.2, 0) is 10.0 Å². The first-order valence-electron chi connectivity index (χ1n) is 3.72. The molecule has 0 aliphatic rings. The van der Waals surface area contributed by atoms with Gasteiger partial charge in [-0.1, -0.05) is 15.9 Å². The Kier molecular flexibility index (Phi) is 4.86. The molecule has 0 atom stereocenters. The van der Waals surface area contributed by atoms with E-state index >= 15 is 0 Å². The summed E-state index contributed by atoms with van der Waals surface area (Å²) < 4.78 is 58.3. The molecule has 0 aromatic carbocycles. The summed E-state index contributed by atoms with van der Waals surface area (Å²) in [7, 11) is -3.86. The molecule has 0 aromatic rings. The number of nitrogens with zero attached hydrogens (tertiary/aromatic N) is 1. The second-order valence-corrected chi connectivity index (χ2v) is 6.20. The number of halogens is 4. The van der Waals surface area contributed by atoms with Gasteiger partial charge in [0.1, 0.15) is 11.2 Å². The van der Waals surface area contributed by atoms with E-state index in [0.29, 0.717) is 4.31 Å². The van der Waals surface area contributed by atoms with Gasteiger partial charge in [-0.05, 0) is 13.8 Å². The van der Waals surface area contributed by atoms with Crippen LogP contribution < -0.4 is 0 Å². The molecule has 0 heterocycles. The van der Waals surface area contributed by atoms with Crippen molar-refractivity contribution in [3.63, 3.8) is 0 Å². The molecule has 0 saturated carbocycles. The van der Waals surface area contributed by atoms with Gasteiger partial charge in [0.2, 0.25) is 10.0 Å². The highest BCUT2D eigenvalue weighted by molar-refractivity contribution is 9.10. The molecule has 0 spiro atoms. The van der Waals surface area contributed by atoms with Crippen LogP contribution in [0.15, 0.2) is 0 Å². The Labute approximate surface area is 89.4 Å². The van der Waals surface area contributed by atoms with Crippen molar-refractivity contribution in [3.8, 4) is 0 Å². The largest absolute Gasteiger partial charge is 0.402 e. The van der Waals surface area contributed by atoms with E-state index in [-0.39, 0.29) is 0 Å². The number of hydrogen-bond acceptors (Lipinski definition) is 2. The summed E-state index contributed by atoms with van der Waals surface area (Å²) >= 11 is 2.65. The van der Waals surface area contributed by atoms with Crippen molar-refractivity contribution in [2.24, 2.45) is 0 Å². The molecule has 0 unspecified atom stereocenters. The van der Waals surface area contributed by atoms with E-state index in [1.165, 1.54) is 13.8 Å². The van der Waals surface area contributed by atoms with Crippen LogP contribution in [0.2, 0.25) is 0 Å². The van der Waals surface area contributed by atoms with Crippen molar-refractivity contribution in [3.05, 3.63) is 0 Å². The van der Waals surface area contributed by atoms with Crippen LogP contribution in [0.1, 0.15) is 13.8 Å². The Hall–Kier alpha value is 0.180. The van der Waals surface area contributed by atoms with Crippen molar-refractivity contribution >= 4 is 26.0 Å². The molecule has 0 amide bonds. The molecule has 0 aliphatic heterocycles. The Bertz CT molecular complexity index is 275. The molecular weight excluding hydrogens is 287 g/mol. The van der Waals surface area contributed by atoms with Crippen molar-refractivity contribution in [1.82, 2.24) is 4.31 Å². The SMILES string of the molecule is CC(C)N(CC(F)(F)F)S(=O)(=O)CBr. The molecule has 8 heteroatoms. The monoisotopic (exact) mass is 297 g/mol. The predicted molar refractivity (Wildman–Crippen MR) is 50.6 cm³/mol. The molecule has 0 aromatic heterocycles. The fraction of sp³-hybridized carbons (Fsp3) is 1.00. The molecule has 0 N–H and O–H groups in total. The van der Waals surface area contributed by atoms with Gasteiger partial charge in [0.15, 0.2) is 0 Å². The zero-order chi connectivity index (χ0) is 11.6. The van der Waals surface area contributed by atoms with Gasteiger partial charge in [-0.2, -0.15) is 17.5 Å². The second-order valence-electron chi connectivity index (χ2n) is 2.98.